The van der Waals surface area contributed by atoms with Crippen LogP contribution in [0, 0.1) is 11.3 Å². The Morgan fingerprint density at radius 2 is 2.12 bits per heavy atom. The average Bonchev–Trinajstić information content (AvgIpc) is 2.20. The number of rotatable bonds is 5. The molecular weight excluding hydrogens is 225 g/mol. The second-order valence-electron chi connectivity index (χ2n) is 3.22. The first-order valence-electron chi connectivity index (χ1n) is 4.58. The van der Waals surface area contributed by atoms with E-state index in [1.54, 1.807) is 0 Å². The Bertz CT molecular complexity index is 273. The minimum atomic E-state index is -4.47. The molecule has 7 heteroatoms. The fourth-order valence-electron chi connectivity index (χ4n) is 0.743. The van der Waals surface area contributed by atoms with Crippen LogP contribution in [0.25, 0.3) is 0 Å². The van der Waals surface area contributed by atoms with E-state index in [4.69, 9.17) is 5.26 Å². The van der Waals surface area contributed by atoms with Gasteiger partial charge < -0.3 is 9.64 Å². The molecule has 0 aliphatic rings. The van der Waals surface area contributed by atoms with Crippen molar-refractivity contribution in [2.75, 3.05) is 20.2 Å². The summed E-state index contributed by atoms with van der Waals surface area (Å²) in [6, 6.07) is 1.83. The van der Waals surface area contributed by atoms with Crippen LogP contribution in [0.15, 0.2) is 0 Å². The zero-order chi connectivity index (χ0) is 12.8. The summed E-state index contributed by atoms with van der Waals surface area (Å²) in [7, 11) is 1.40. The van der Waals surface area contributed by atoms with Gasteiger partial charge in [-0.1, -0.05) is 0 Å². The fourth-order valence-corrected chi connectivity index (χ4v) is 0.743. The Morgan fingerprint density at radius 1 is 1.56 bits per heavy atom. The Kier molecular flexibility index (Phi) is 5.82. The molecule has 0 aliphatic carbocycles. The molecule has 0 heterocycles. The number of alkyl halides is 3. The molecule has 0 rings (SSSR count). The fraction of sp³-hybridized carbons (Fsp3) is 0.778. The maximum atomic E-state index is 12.0. The molecular formula is C9H13F3N2O2. The number of amides is 1. The van der Waals surface area contributed by atoms with Crippen LogP contribution < -0.4 is 0 Å². The normalized spacial score (nSPS) is 13.0. The van der Waals surface area contributed by atoms with Gasteiger partial charge in [0.05, 0.1) is 12.5 Å². The SMILES string of the molecule is CC(OCC(=O)N(C)CCC#N)C(F)(F)F. The number of hydrogen-bond donors (Lipinski definition) is 0. The zero-order valence-corrected chi connectivity index (χ0v) is 9.04. The summed E-state index contributed by atoms with van der Waals surface area (Å²) < 4.78 is 40.4. The van der Waals surface area contributed by atoms with Gasteiger partial charge in [-0.05, 0) is 6.92 Å². The predicted molar refractivity (Wildman–Crippen MR) is 49.3 cm³/mol. The number of carbonyl (C=O) groups excluding carboxylic acids is 1. The van der Waals surface area contributed by atoms with Gasteiger partial charge >= 0.3 is 6.18 Å². The summed E-state index contributed by atoms with van der Waals surface area (Å²) in [6.45, 7) is 0.379. The highest BCUT2D eigenvalue weighted by atomic mass is 19.4. The monoisotopic (exact) mass is 238 g/mol. The summed E-state index contributed by atoms with van der Waals surface area (Å²) in [6.07, 6.45) is -6.30. The molecule has 0 bridgehead atoms. The van der Waals surface area contributed by atoms with Crippen molar-refractivity contribution in [1.29, 1.82) is 5.26 Å². The van der Waals surface area contributed by atoms with E-state index in [0.29, 0.717) is 0 Å². The van der Waals surface area contributed by atoms with Crippen molar-refractivity contribution in [3.63, 3.8) is 0 Å². The predicted octanol–water partition coefficient (Wildman–Crippen LogP) is 1.33. The first kappa shape index (κ1) is 14.7. The van der Waals surface area contributed by atoms with Gasteiger partial charge in [-0.2, -0.15) is 18.4 Å². The maximum absolute atomic E-state index is 12.0. The van der Waals surface area contributed by atoms with E-state index in [1.807, 2.05) is 6.07 Å². The molecule has 0 N–H and O–H groups in total. The number of carbonyl (C=O) groups is 1. The van der Waals surface area contributed by atoms with Gasteiger partial charge in [-0.3, -0.25) is 4.79 Å². The summed E-state index contributed by atoms with van der Waals surface area (Å²) in [5, 5.41) is 8.25. The van der Waals surface area contributed by atoms with Crippen molar-refractivity contribution in [1.82, 2.24) is 4.90 Å². The van der Waals surface area contributed by atoms with Crippen molar-refractivity contribution >= 4 is 5.91 Å². The maximum Gasteiger partial charge on any atom is 0.414 e. The number of hydrogen-bond acceptors (Lipinski definition) is 3. The topological polar surface area (TPSA) is 53.3 Å². The van der Waals surface area contributed by atoms with E-state index in [0.717, 1.165) is 11.8 Å². The minimum Gasteiger partial charge on any atom is -0.359 e. The molecule has 92 valence electrons. The van der Waals surface area contributed by atoms with Gasteiger partial charge in [-0.15, -0.1) is 0 Å². The molecule has 0 fully saturated rings. The van der Waals surface area contributed by atoms with Crippen LogP contribution >= 0.6 is 0 Å². The first-order chi connectivity index (χ1) is 7.29. The molecule has 0 aliphatic heterocycles. The lowest BCUT2D eigenvalue weighted by Crippen LogP contribution is -2.36. The van der Waals surface area contributed by atoms with Gasteiger partial charge in [0.1, 0.15) is 6.61 Å². The molecule has 16 heavy (non-hydrogen) atoms. The highest BCUT2D eigenvalue weighted by Crippen LogP contribution is 2.22. The molecule has 0 spiro atoms. The lowest BCUT2D eigenvalue weighted by Gasteiger charge is -2.19. The Hall–Kier alpha value is -1.29. The molecule has 0 radical (unpaired) electrons. The standard InChI is InChI=1S/C9H13F3N2O2/c1-7(9(10,11)12)16-6-8(15)14(2)5-3-4-13/h7H,3,5-6H2,1-2H3. The number of nitrogens with zero attached hydrogens (tertiary/aromatic N) is 2. The van der Waals surface area contributed by atoms with Crippen LogP contribution in [0.3, 0.4) is 0 Å². The summed E-state index contributed by atoms with van der Waals surface area (Å²) in [5.74, 6) is -0.577. The van der Waals surface area contributed by atoms with Crippen molar-refractivity contribution < 1.29 is 22.7 Å². The number of ether oxygens (including phenoxy) is 1. The van der Waals surface area contributed by atoms with E-state index in [2.05, 4.69) is 4.74 Å². The highest BCUT2D eigenvalue weighted by molar-refractivity contribution is 5.77. The van der Waals surface area contributed by atoms with Crippen molar-refractivity contribution in [2.24, 2.45) is 0 Å². The second-order valence-corrected chi connectivity index (χ2v) is 3.22. The van der Waals surface area contributed by atoms with Gasteiger partial charge in [0, 0.05) is 13.6 Å². The molecule has 1 unspecified atom stereocenters. The van der Waals surface area contributed by atoms with Gasteiger partial charge in [0.15, 0.2) is 6.10 Å². The Balaban J connectivity index is 3.94. The van der Waals surface area contributed by atoms with E-state index >= 15 is 0 Å². The largest absolute Gasteiger partial charge is 0.414 e. The highest BCUT2D eigenvalue weighted by Gasteiger charge is 2.37. The Labute approximate surface area is 91.6 Å². The van der Waals surface area contributed by atoms with E-state index in [1.165, 1.54) is 7.05 Å². The third-order valence-electron chi connectivity index (χ3n) is 1.90. The van der Waals surface area contributed by atoms with Crippen molar-refractivity contribution in [3.05, 3.63) is 0 Å². The third kappa shape index (κ3) is 5.56. The van der Waals surface area contributed by atoms with Gasteiger partial charge in [0.25, 0.3) is 0 Å². The second kappa shape index (κ2) is 6.33. The van der Waals surface area contributed by atoms with Gasteiger partial charge in [0.2, 0.25) is 5.91 Å². The van der Waals surface area contributed by atoms with Crippen LogP contribution in [-0.2, 0) is 9.53 Å². The molecule has 0 aromatic carbocycles. The molecule has 0 saturated carbocycles. The first-order valence-corrected chi connectivity index (χ1v) is 4.58. The van der Waals surface area contributed by atoms with E-state index < -0.39 is 24.8 Å². The molecule has 1 amide bonds. The quantitative estimate of drug-likeness (QED) is 0.726. The van der Waals surface area contributed by atoms with Crippen molar-refractivity contribution in [2.45, 2.75) is 25.6 Å². The summed E-state index contributed by atoms with van der Waals surface area (Å²) in [5.41, 5.74) is 0. The lowest BCUT2D eigenvalue weighted by atomic mass is 10.4. The smallest absolute Gasteiger partial charge is 0.359 e. The van der Waals surface area contributed by atoms with Gasteiger partial charge in [-0.25, -0.2) is 0 Å². The van der Waals surface area contributed by atoms with Crippen LogP contribution in [0.5, 0.6) is 0 Å². The van der Waals surface area contributed by atoms with Crippen molar-refractivity contribution in [3.8, 4) is 6.07 Å². The lowest BCUT2D eigenvalue weighted by molar-refractivity contribution is -0.214. The summed E-state index contributed by atoms with van der Waals surface area (Å²) >= 11 is 0. The van der Waals surface area contributed by atoms with Crippen LogP contribution in [-0.4, -0.2) is 43.3 Å². The van der Waals surface area contributed by atoms with E-state index in [9.17, 15) is 18.0 Å². The Morgan fingerprint density at radius 3 is 2.56 bits per heavy atom. The molecule has 0 aromatic heterocycles. The minimum absolute atomic E-state index is 0.136. The van der Waals surface area contributed by atoms with E-state index in [-0.39, 0.29) is 13.0 Å². The number of halogens is 3. The molecule has 1 atom stereocenters. The zero-order valence-electron chi connectivity index (χ0n) is 9.04. The average molecular weight is 238 g/mol. The summed E-state index contributed by atoms with van der Waals surface area (Å²) in [4.78, 5) is 12.4. The number of likely N-dealkylation sites (N-methyl/N-ethyl adjacent to an activating group) is 1. The molecule has 0 aromatic rings. The third-order valence-corrected chi connectivity index (χ3v) is 1.90. The molecule has 4 nitrogen and oxygen atoms in total. The van der Waals surface area contributed by atoms with Crippen LogP contribution in [0.2, 0.25) is 0 Å². The van der Waals surface area contributed by atoms with Crippen LogP contribution in [0.4, 0.5) is 13.2 Å². The van der Waals surface area contributed by atoms with Crippen LogP contribution in [0.1, 0.15) is 13.3 Å². The number of nitriles is 1. The molecule has 0 saturated heterocycles.